The Labute approximate surface area is 168 Å². The van der Waals surface area contributed by atoms with E-state index in [1.54, 1.807) is 18.9 Å². The van der Waals surface area contributed by atoms with Gasteiger partial charge in [-0.05, 0) is 38.1 Å². The molecule has 2 rings (SSSR count). The number of hydrogen-bond acceptors (Lipinski definition) is 5. The van der Waals surface area contributed by atoms with Crippen molar-refractivity contribution < 1.29 is 19.1 Å². The van der Waals surface area contributed by atoms with Crippen LogP contribution in [0.4, 0.5) is 0 Å². The number of rotatable bonds is 7. The van der Waals surface area contributed by atoms with Crippen LogP contribution in [0.2, 0.25) is 0 Å². The fourth-order valence-electron chi connectivity index (χ4n) is 3.86. The Morgan fingerprint density at radius 3 is 2.57 bits per heavy atom. The quantitative estimate of drug-likeness (QED) is 0.586. The molecular weight excluding hydrogens is 360 g/mol. The summed E-state index contributed by atoms with van der Waals surface area (Å²) in [6.07, 6.45) is 1.44. The number of carbonyl (C=O) groups is 3. The summed E-state index contributed by atoms with van der Waals surface area (Å²) in [6.45, 7) is 10.9. The lowest BCUT2D eigenvalue weighted by Gasteiger charge is -2.33. The van der Waals surface area contributed by atoms with Crippen molar-refractivity contribution in [3.8, 4) is 0 Å². The highest BCUT2D eigenvalue weighted by molar-refractivity contribution is 5.94. The van der Waals surface area contributed by atoms with Crippen LogP contribution in [0.25, 0.3) is 0 Å². The SMILES string of the molecule is CNC(C)C(=O)N[C@H]1CCO[C@H]2CC(C)(C)[C@@H](C(=O)NCCC(C)C)N2C1=O. The van der Waals surface area contributed by atoms with Gasteiger partial charge in [0.15, 0.2) is 0 Å². The number of amides is 3. The number of fused-ring (bicyclic) bond motifs is 1. The van der Waals surface area contributed by atoms with Gasteiger partial charge < -0.3 is 25.6 Å². The summed E-state index contributed by atoms with van der Waals surface area (Å²) in [5, 5.41) is 8.67. The first-order valence-corrected chi connectivity index (χ1v) is 10.3. The summed E-state index contributed by atoms with van der Waals surface area (Å²) >= 11 is 0. The van der Waals surface area contributed by atoms with Gasteiger partial charge in [-0.1, -0.05) is 27.7 Å². The summed E-state index contributed by atoms with van der Waals surface area (Å²) in [7, 11) is 1.69. The number of nitrogens with zero attached hydrogens (tertiary/aromatic N) is 1. The topological polar surface area (TPSA) is 99.8 Å². The molecule has 0 aromatic rings. The second-order valence-corrected chi connectivity index (χ2v) is 9.00. The van der Waals surface area contributed by atoms with Gasteiger partial charge in [-0.25, -0.2) is 0 Å². The van der Waals surface area contributed by atoms with Crippen LogP contribution in [0, 0.1) is 11.3 Å². The van der Waals surface area contributed by atoms with Crippen LogP contribution in [0.1, 0.15) is 53.9 Å². The van der Waals surface area contributed by atoms with Gasteiger partial charge >= 0.3 is 0 Å². The van der Waals surface area contributed by atoms with Crippen molar-refractivity contribution in [2.45, 2.75) is 78.2 Å². The molecule has 160 valence electrons. The molecule has 0 aliphatic carbocycles. The Hall–Kier alpha value is -1.67. The standard InChI is InChI=1S/C20H36N4O4/c1-12(2)7-9-22-18(26)16-20(4,5)11-15-24(16)19(27)14(8-10-28-15)23-17(25)13(3)21-6/h12-16,21H,7-11H2,1-6H3,(H,22,26)(H,23,25)/t13?,14-,15-,16+/m0/s1. The molecule has 0 saturated carbocycles. The maximum atomic E-state index is 13.3. The van der Waals surface area contributed by atoms with E-state index in [0.717, 1.165) is 6.42 Å². The summed E-state index contributed by atoms with van der Waals surface area (Å²) in [5.74, 6) is -0.147. The Morgan fingerprint density at radius 1 is 1.29 bits per heavy atom. The fraction of sp³-hybridized carbons (Fsp3) is 0.850. The second kappa shape index (κ2) is 9.22. The molecule has 0 aromatic heterocycles. The minimum absolute atomic E-state index is 0.152. The molecule has 0 bridgehead atoms. The Bertz CT molecular complexity index is 593. The average molecular weight is 397 g/mol. The Kier molecular flexibility index (Phi) is 7.45. The largest absolute Gasteiger partial charge is 0.358 e. The van der Waals surface area contributed by atoms with Crippen LogP contribution in [0.5, 0.6) is 0 Å². The van der Waals surface area contributed by atoms with Gasteiger partial charge in [0.25, 0.3) is 0 Å². The van der Waals surface area contributed by atoms with E-state index >= 15 is 0 Å². The Morgan fingerprint density at radius 2 is 1.96 bits per heavy atom. The maximum absolute atomic E-state index is 13.3. The monoisotopic (exact) mass is 396 g/mol. The summed E-state index contributed by atoms with van der Waals surface area (Å²) < 4.78 is 5.91. The third-order valence-electron chi connectivity index (χ3n) is 5.71. The van der Waals surface area contributed by atoms with E-state index in [0.29, 0.717) is 31.9 Å². The average Bonchev–Trinajstić information content (AvgIpc) is 2.80. The molecule has 28 heavy (non-hydrogen) atoms. The predicted octanol–water partition coefficient (Wildman–Crippen LogP) is 0.615. The third-order valence-corrected chi connectivity index (χ3v) is 5.71. The second-order valence-electron chi connectivity index (χ2n) is 9.00. The zero-order valence-electron chi connectivity index (χ0n) is 18.0. The van der Waals surface area contributed by atoms with Crippen molar-refractivity contribution in [1.29, 1.82) is 0 Å². The highest BCUT2D eigenvalue weighted by Crippen LogP contribution is 2.42. The molecule has 4 atom stereocenters. The minimum Gasteiger partial charge on any atom is -0.358 e. The smallest absolute Gasteiger partial charge is 0.247 e. The predicted molar refractivity (Wildman–Crippen MR) is 106 cm³/mol. The van der Waals surface area contributed by atoms with E-state index in [-0.39, 0.29) is 17.7 Å². The molecule has 3 N–H and O–H groups in total. The molecule has 0 radical (unpaired) electrons. The van der Waals surface area contributed by atoms with Crippen LogP contribution >= 0.6 is 0 Å². The molecule has 3 amide bonds. The van der Waals surface area contributed by atoms with Gasteiger partial charge in [0, 0.05) is 13.0 Å². The molecule has 8 heteroatoms. The van der Waals surface area contributed by atoms with Gasteiger partial charge in [-0.15, -0.1) is 0 Å². The Balaban J connectivity index is 2.18. The van der Waals surface area contributed by atoms with Crippen molar-refractivity contribution in [2.75, 3.05) is 20.2 Å². The normalized spacial score (nSPS) is 27.9. The van der Waals surface area contributed by atoms with Crippen molar-refractivity contribution in [1.82, 2.24) is 20.9 Å². The lowest BCUT2D eigenvalue weighted by molar-refractivity contribution is -0.149. The highest BCUT2D eigenvalue weighted by Gasteiger charge is 2.54. The van der Waals surface area contributed by atoms with Crippen LogP contribution in [0.15, 0.2) is 0 Å². The van der Waals surface area contributed by atoms with Crippen molar-refractivity contribution >= 4 is 17.7 Å². The lowest BCUT2D eigenvalue weighted by Crippen LogP contribution is -2.58. The van der Waals surface area contributed by atoms with Gasteiger partial charge in [-0.2, -0.15) is 0 Å². The third kappa shape index (κ3) is 5.03. The zero-order valence-corrected chi connectivity index (χ0v) is 18.0. The summed E-state index contributed by atoms with van der Waals surface area (Å²) in [6, 6.07) is -1.71. The molecule has 2 saturated heterocycles. The first kappa shape index (κ1) is 22.6. The van der Waals surface area contributed by atoms with Crippen molar-refractivity contribution in [2.24, 2.45) is 11.3 Å². The van der Waals surface area contributed by atoms with E-state index in [9.17, 15) is 14.4 Å². The lowest BCUT2D eigenvalue weighted by atomic mass is 9.83. The summed E-state index contributed by atoms with van der Waals surface area (Å²) in [4.78, 5) is 40.1. The van der Waals surface area contributed by atoms with Gasteiger partial charge in [-0.3, -0.25) is 14.4 Å². The molecular formula is C20H36N4O4. The first-order valence-electron chi connectivity index (χ1n) is 10.3. The van der Waals surface area contributed by atoms with Crippen LogP contribution in [-0.4, -0.2) is 67.2 Å². The minimum atomic E-state index is -0.687. The molecule has 0 aromatic carbocycles. The fourth-order valence-corrected chi connectivity index (χ4v) is 3.86. The van der Waals surface area contributed by atoms with Crippen LogP contribution in [-0.2, 0) is 19.1 Å². The number of carbonyl (C=O) groups excluding carboxylic acids is 3. The first-order chi connectivity index (χ1) is 13.1. The molecule has 2 aliphatic rings. The van der Waals surface area contributed by atoms with Crippen LogP contribution < -0.4 is 16.0 Å². The molecule has 2 aliphatic heterocycles. The van der Waals surface area contributed by atoms with Crippen molar-refractivity contribution in [3.05, 3.63) is 0 Å². The van der Waals surface area contributed by atoms with Crippen LogP contribution in [0.3, 0.4) is 0 Å². The highest BCUT2D eigenvalue weighted by atomic mass is 16.5. The molecule has 0 spiro atoms. The van der Waals surface area contributed by atoms with E-state index in [1.807, 2.05) is 13.8 Å². The molecule has 2 heterocycles. The zero-order chi connectivity index (χ0) is 21.1. The maximum Gasteiger partial charge on any atom is 0.247 e. The van der Waals surface area contributed by atoms with E-state index < -0.39 is 29.8 Å². The molecule has 2 fully saturated rings. The van der Waals surface area contributed by atoms with E-state index in [1.165, 1.54) is 0 Å². The number of nitrogens with one attached hydrogen (secondary N) is 3. The van der Waals surface area contributed by atoms with Gasteiger partial charge in [0.05, 0.1) is 12.6 Å². The number of hydrogen-bond donors (Lipinski definition) is 3. The van der Waals surface area contributed by atoms with E-state index in [4.69, 9.17) is 4.74 Å². The molecule has 1 unspecified atom stereocenters. The summed E-state index contributed by atoms with van der Waals surface area (Å²) in [5.41, 5.74) is -0.410. The van der Waals surface area contributed by atoms with Gasteiger partial charge in [0.1, 0.15) is 18.3 Å². The number of likely N-dealkylation sites (N-methyl/N-ethyl adjacent to an activating group) is 1. The van der Waals surface area contributed by atoms with E-state index in [2.05, 4.69) is 29.8 Å². The number of ether oxygens (including phenoxy) is 1. The van der Waals surface area contributed by atoms with Crippen molar-refractivity contribution in [3.63, 3.8) is 0 Å². The molecule has 8 nitrogen and oxygen atoms in total. The van der Waals surface area contributed by atoms with Gasteiger partial charge in [0.2, 0.25) is 17.7 Å².